The minimum absolute atomic E-state index is 0.220. The second kappa shape index (κ2) is 6.46. The molecule has 3 rings (SSSR count). The van der Waals surface area contributed by atoms with Crippen LogP contribution in [0.1, 0.15) is 0 Å². The first-order chi connectivity index (χ1) is 11.0. The Morgan fingerprint density at radius 3 is 1.83 bits per heavy atom. The molecule has 3 aromatic rings. The molecular weight excluding hydrogens is 324 g/mol. The van der Waals surface area contributed by atoms with E-state index in [1.165, 1.54) is 18.2 Å². The smallest absolute Gasteiger partial charge is 0.138 e. The summed E-state index contributed by atoms with van der Waals surface area (Å²) in [6.45, 7) is 0. The van der Waals surface area contributed by atoms with Gasteiger partial charge in [0.15, 0.2) is 0 Å². The maximum atomic E-state index is 14.3. The second-order valence-electron chi connectivity index (χ2n) is 4.89. The Morgan fingerprint density at radius 2 is 1.22 bits per heavy atom. The fourth-order valence-electron chi connectivity index (χ4n) is 2.34. The molecule has 0 saturated carbocycles. The average Bonchev–Trinajstić information content (AvgIpc) is 2.50. The fourth-order valence-corrected chi connectivity index (χ4v) is 4.67. The van der Waals surface area contributed by atoms with Crippen molar-refractivity contribution in [3.05, 3.63) is 90.0 Å². The highest BCUT2D eigenvalue weighted by molar-refractivity contribution is 8.17. The molecule has 3 aromatic carbocycles. The number of halogens is 4. The average molecular weight is 336 g/mol. The molecule has 0 spiro atoms. The van der Waals surface area contributed by atoms with E-state index in [1.807, 2.05) is 0 Å². The minimum Gasteiger partial charge on any atom is -0.207 e. The van der Waals surface area contributed by atoms with Crippen LogP contribution in [0.3, 0.4) is 0 Å². The minimum atomic E-state index is -1.53. The standard InChI is InChI=1S/C18H12F4S/c19-12-6-7-18(17(22)11-12)23(15-4-2-1-3-5-15)16-9-13(20)8-14(21)10-16/h1-11,23H. The second-order valence-corrected chi connectivity index (χ2v) is 7.08. The van der Waals surface area contributed by atoms with E-state index in [2.05, 4.69) is 0 Å². The van der Waals surface area contributed by atoms with Crippen LogP contribution in [0.15, 0.2) is 81.4 Å². The van der Waals surface area contributed by atoms with E-state index in [1.54, 1.807) is 30.3 Å². The molecule has 0 N–H and O–H groups in total. The van der Waals surface area contributed by atoms with E-state index in [-0.39, 0.29) is 4.90 Å². The van der Waals surface area contributed by atoms with Gasteiger partial charge in [-0.05, 0) is 41.3 Å². The molecule has 0 saturated heterocycles. The van der Waals surface area contributed by atoms with E-state index in [0.717, 1.165) is 23.1 Å². The predicted octanol–water partition coefficient (Wildman–Crippen LogP) is 5.72. The first kappa shape index (κ1) is 15.6. The molecule has 23 heavy (non-hydrogen) atoms. The first-order valence-electron chi connectivity index (χ1n) is 6.81. The Balaban J connectivity index is 2.22. The van der Waals surface area contributed by atoms with Crippen molar-refractivity contribution in [3.63, 3.8) is 0 Å². The molecule has 0 heterocycles. The molecule has 0 radical (unpaired) electrons. The third-order valence-corrected chi connectivity index (χ3v) is 5.70. The topological polar surface area (TPSA) is 0 Å². The summed E-state index contributed by atoms with van der Waals surface area (Å²) >= 11 is 0. The zero-order chi connectivity index (χ0) is 16.4. The van der Waals surface area contributed by atoms with Crippen LogP contribution in [0.25, 0.3) is 0 Å². The van der Waals surface area contributed by atoms with Gasteiger partial charge in [-0.1, -0.05) is 18.2 Å². The van der Waals surface area contributed by atoms with Crippen LogP contribution in [0.5, 0.6) is 0 Å². The van der Waals surface area contributed by atoms with Crippen LogP contribution in [-0.4, -0.2) is 0 Å². The van der Waals surface area contributed by atoms with Gasteiger partial charge < -0.3 is 0 Å². The maximum Gasteiger partial charge on any atom is 0.138 e. The van der Waals surface area contributed by atoms with Crippen LogP contribution in [0.4, 0.5) is 17.6 Å². The lowest BCUT2D eigenvalue weighted by Crippen LogP contribution is -1.94. The Labute approximate surface area is 133 Å². The number of thiol groups is 1. The zero-order valence-electron chi connectivity index (χ0n) is 11.8. The van der Waals surface area contributed by atoms with Crippen LogP contribution in [0.2, 0.25) is 0 Å². The van der Waals surface area contributed by atoms with Crippen molar-refractivity contribution in [2.24, 2.45) is 0 Å². The highest BCUT2D eigenvalue weighted by Crippen LogP contribution is 2.52. The van der Waals surface area contributed by atoms with Crippen molar-refractivity contribution in [2.75, 3.05) is 0 Å². The van der Waals surface area contributed by atoms with Crippen molar-refractivity contribution in [3.8, 4) is 0 Å². The van der Waals surface area contributed by atoms with E-state index in [4.69, 9.17) is 0 Å². The van der Waals surface area contributed by atoms with Gasteiger partial charge in [0.05, 0.1) is 0 Å². The van der Waals surface area contributed by atoms with Gasteiger partial charge in [-0.15, -0.1) is 0 Å². The van der Waals surface area contributed by atoms with Crippen molar-refractivity contribution in [1.82, 2.24) is 0 Å². The number of benzene rings is 3. The summed E-state index contributed by atoms with van der Waals surface area (Å²) in [5.74, 6) is -2.89. The Hall–Kier alpha value is -2.27. The number of rotatable bonds is 3. The molecule has 0 fully saturated rings. The lowest BCUT2D eigenvalue weighted by Gasteiger charge is -2.24. The van der Waals surface area contributed by atoms with Crippen LogP contribution in [0, 0.1) is 23.3 Å². The normalized spacial score (nSPS) is 13.0. The zero-order valence-corrected chi connectivity index (χ0v) is 12.7. The summed E-state index contributed by atoms with van der Waals surface area (Å²) in [4.78, 5) is 1.27. The molecule has 0 aliphatic heterocycles. The Morgan fingerprint density at radius 1 is 0.565 bits per heavy atom. The summed E-state index contributed by atoms with van der Waals surface area (Å²) < 4.78 is 54.7. The first-order valence-corrected chi connectivity index (χ1v) is 8.15. The SMILES string of the molecule is Fc1cc(F)cc([SH](c2ccccc2)c2ccc(F)cc2F)c1. The van der Waals surface area contributed by atoms with Crippen LogP contribution < -0.4 is 0 Å². The molecule has 1 atom stereocenters. The third kappa shape index (κ3) is 3.40. The number of hydrogen-bond acceptors (Lipinski definition) is 0. The van der Waals surface area contributed by atoms with Crippen LogP contribution in [-0.2, 0) is 0 Å². The molecule has 0 aliphatic rings. The highest BCUT2D eigenvalue weighted by Gasteiger charge is 2.18. The Kier molecular flexibility index (Phi) is 4.39. The summed E-state index contributed by atoms with van der Waals surface area (Å²) in [6, 6.07) is 15.2. The molecule has 1 unspecified atom stereocenters. The molecule has 0 aromatic heterocycles. The quantitative estimate of drug-likeness (QED) is 0.459. The maximum absolute atomic E-state index is 14.3. The van der Waals surface area contributed by atoms with Crippen LogP contribution >= 0.6 is 10.9 Å². The molecule has 118 valence electrons. The van der Waals surface area contributed by atoms with Gasteiger partial charge in [0, 0.05) is 21.9 Å². The third-order valence-electron chi connectivity index (χ3n) is 3.27. The molecule has 5 heteroatoms. The molecular formula is C18H12F4S. The van der Waals surface area contributed by atoms with E-state index >= 15 is 0 Å². The van der Waals surface area contributed by atoms with Gasteiger partial charge >= 0.3 is 0 Å². The summed E-state index contributed by atoms with van der Waals surface area (Å²) in [5, 5.41) is 0. The van der Waals surface area contributed by atoms with Gasteiger partial charge in [0.2, 0.25) is 0 Å². The highest BCUT2D eigenvalue weighted by atomic mass is 32.2. The summed E-state index contributed by atoms with van der Waals surface area (Å²) in [5.41, 5.74) is 0. The van der Waals surface area contributed by atoms with Gasteiger partial charge in [0.1, 0.15) is 23.3 Å². The van der Waals surface area contributed by atoms with Gasteiger partial charge in [-0.3, -0.25) is 0 Å². The molecule has 0 amide bonds. The van der Waals surface area contributed by atoms with Crippen molar-refractivity contribution >= 4 is 10.9 Å². The predicted molar refractivity (Wildman–Crippen MR) is 82.9 cm³/mol. The molecule has 0 nitrogen and oxygen atoms in total. The van der Waals surface area contributed by atoms with Crippen molar-refractivity contribution in [1.29, 1.82) is 0 Å². The van der Waals surface area contributed by atoms with Gasteiger partial charge in [-0.2, -0.15) is 10.9 Å². The summed E-state index contributed by atoms with van der Waals surface area (Å²) in [7, 11) is -1.53. The largest absolute Gasteiger partial charge is 0.207 e. The van der Waals surface area contributed by atoms with Gasteiger partial charge in [0.25, 0.3) is 0 Å². The summed E-state index contributed by atoms with van der Waals surface area (Å²) in [6.07, 6.45) is 0. The molecule has 0 aliphatic carbocycles. The van der Waals surface area contributed by atoms with E-state index < -0.39 is 34.2 Å². The Bertz CT molecular complexity index is 813. The lowest BCUT2D eigenvalue weighted by atomic mass is 10.3. The fraction of sp³-hybridized carbons (Fsp3) is 0. The van der Waals surface area contributed by atoms with Crippen molar-refractivity contribution in [2.45, 2.75) is 14.7 Å². The van der Waals surface area contributed by atoms with Crippen molar-refractivity contribution < 1.29 is 17.6 Å². The van der Waals surface area contributed by atoms with Gasteiger partial charge in [-0.25, -0.2) is 17.6 Å². The van der Waals surface area contributed by atoms with E-state index in [0.29, 0.717) is 4.90 Å². The lowest BCUT2D eigenvalue weighted by molar-refractivity contribution is 0.564. The number of hydrogen-bond donors (Lipinski definition) is 1. The monoisotopic (exact) mass is 336 g/mol. The van der Waals surface area contributed by atoms with E-state index in [9.17, 15) is 17.6 Å². The molecule has 0 bridgehead atoms.